The van der Waals surface area contributed by atoms with E-state index in [2.05, 4.69) is 15.7 Å². The second-order valence-corrected chi connectivity index (χ2v) is 9.26. The maximum Gasteiger partial charge on any atom is 0.276 e. The Kier molecular flexibility index (Phi) is 7.52. The molecule has 0 unspecified atom stereocenters. The molecule has 0 fully saturated rings. The third kappa shape index (κ3) is 5.09. The topological polar surface area (TPSA) is 94.5 Å². The van der Waals surface area contributed by atoms with Gasteiger partial charge in [0.1, 0.15) is 16.5 Å². The van der Waals surface area contributed by atoms with Crippen molar-refractivity contribution in [3.63, 3.8) is 0 Å². The third-order valence-corrected chi connectivity index (χ3v) is 7.18. The molecule has 2 N–H and O–H groups in total. The van der Waals surface area contributed by atoms with Gasteiger partial charge in [-0.05, 0) is 56.4 Å². The minimum absolute atomic E-state index is 0.279. The molecule has 0 saturated carbocycles. The molecular formula is C25H30N4O4S. The number of aromatic nitrogens is 2. The summed E-state index contributed by atoms with van der Waals surface area (Å²) in [7, 11) is 3.13. The van der Waals surface area contributed by atoms with Gasteiger partial charge in [0.25, 0.3) is 11.8 Å². The number of methoxy groups -OCH3 is 2. The van der Waals surface area contributed by atoms with Gasteiger partial charge >= 0.3 is 0 Å². The second kappa shape index (κ2) is 10.7. The quantitative estimate of drug-likeness (QED) is 0.486. The maximum absolute atomic E-state index is 13.6. The average molecular weight is 483 g/mol. The van der Waals surface area contributed by atoms with Gasteiger partial charge in [-0.2, -0.15) is 5.10 Å². The molecule has 8 nitrogen and oxygen atoms in total. The van der Waals surface area contributed by atoms with Crippen molar-refractivity contribution in [3.05, 3.63) is 52.2 Å². The van der Waals surface area contributed by atoms with Crippen molar-refractivity contribution in [2.45, 2.75) is 52.0 Å². The largest absolute Gasteiger partial charge is 0.497 e. The standard InChI is InChI=1S/C25H30N4O4S/c1-4-29-14-13-18(28-29)23(30)27-25-22(17-9-7-5-6-8-10-21(17)34-25)24(31)26-19-15-16(32-2)11-12-20(19)33-3/h11-15H,4-10H2,1-3H3,(H,26,31)(H,27,30). The minimum Gasteiger partial charge on any atom is -0.497 e. The van der Waals surface area contributed by atoms with E-state index in [-0.39, 0.29) is 11.8 Å². The molecule has 0 radical (unpaired) electrons. The highest BCUT2D eigenvalue weighted by Crippen LogP contribution is 2.38. The predicted molar refractivity (Wildman–Crippen MR) is 134 cm³/mol. The van der Waals surface area contributed by atoms with E-state index in [0.717, 1.165) is 42.5 Å². The van der Waals surface area contributed by atoms with E-state index in [4.69, 9.17) is 9.47 Å². The average Bonchev–Trinajstić information content (AvgIpc) is 3.44. The molecule has 1 aliphatic rings. The molecule has 0 atom stereocenters. The van der Waals surface area contributed by atoms with Crippen LogP contribution in [0.15, 0.2) is 30.5 Å². The Morgan fingerprint density at radius 2 is 1.82 bits per heavy atom. The number of anilines is 2. The van der Waals surface area contributed by atoms with E-state index in [0.29, 0.717) is 40.0 Å². The first-order chi connectivity index (χ1) is 16.5. The van der Waals surface area contributed by atoms with Gasteiger partial charge in [0.15, 0.2) is 5.69 Å². The van der Waals surface area contributed by atoms with E-state index < -0.39 is 0 Å². The lowest BCUT2D eigenvalue weighted by atomic mass is 9.96. The highest BCUT2D eigenvalue weighted by atomic mass is 32.1. The van der Waals surface area contributed by atoms with Gasteiger partial charge in [0, 0.05) is 23.7 Å². The van der Waals surface area contributed by atoms with E-state index in [1.807, 2.05) is 6.92 Å². The zero-order valence-electron chi connectivity index (χ0n) is 19.8. The second-order valence-electron chi connectivity index (χ2n) is 8.15. The maximum atomic E-state index is 13.6. The van der Waals surface area contributed by atoms with Crippen LogP contribution >= 0.6 is 11.3 Å². The van der Waals surface area contributed by atoms with Crippen LogP contribution in [0.5, 0.6) is 11.5 Å². The lowest BCUT2D eigenvalue weighted by molar-refractivity contribution is 0.102. The SMILES string of the molecule is CCn1ccc(C(=O)Nc2sc3c(c2C(=O)Nc2cc(OC)ccc2OC)CCCCCC3)n1. The van der Waals surface area contributed by atoms with Crippen LogP contribution in [-0.2, 0) is 19.4 Å². The number of benzene rings is 1. The number of carbonyl (C=O) groups is 2. The van der Waals surface area contributed by atoms with Crippen molar-refractivity contribution in [1.29, 1.82) is 0 Å². The molecule has 1 aromatic carbocycles. The Hall–Kier alpha value is -3.33. The molecule has 0 saturated heterocycles. The fraction of sp³-hybridized carbons (Fsp3) is 0.400. The molecule has 1 aliphatic carbocycles. The summed E-state index contributed by atoms with van der Waals surface area (Å²) in [5, 5.41) is 10.8. The molecular weight excluding hydrogens is 452 g/mol. The predicted octanol–water partition coefficient (Wildman–Crippen LogP) is 5.15. The van der Waals surface area contributed by atoms with E-state index in [1.54, 1.807) is 49.4 Å². The van der Waals surface area contributed by atoms with Crippen molar-refractivity contribution >= 4 is 33.8 Å². The van der Waals surface area contributed by atoms with Gasteiger partial charge in [-0.25, -0.2) is 0 Å². The Balaban J connectivity index is 1.69. The summed E-state index contributed by atoms with van der Waals surface area (Å²) in [4.78, 5) is 27.8. The molecule has 0 spiro atoms. The fourth-order valence-corrected chi connectivity index (χ4v) is 5.45. The number of nitrogens with zero attached hydrogens (tertiary/aromatic N) is 2. The number of fused-ring (bicyclic) bond motifs is 1. The zero-order chi connectivity index (χ0) is 24.1. The van der Waals surface area contributed by atoms with Gasteiger partial charge in [0.2, 0.25) is 0 Å². The molecule has 3 aromatic rings. The number of aryl methyl sites for hydroxylation is 2. The molecule has 0 aliphatic heterocycles. The van der Waals surface area contributed by atoms with E-state index >= 15 is 0 Å². The first-order valence-electron chi connectivity index (χ1n) is 11.6. The van der Waals surface area contributed by atoms with E-state index in [9.17, 15) is 9.59 Å². The normalized spacial score (nSPS) is 13.4. The summed E-state index contributed by atoms with van der Waals surface area (Å²) >= 11 is 1.49. The van der Waals surface area contributed by atoms with Crippen LogP contribution < -0.4 is 20.1 Å². The Morgan fingerprint density at radius 1 is 1.03 bits per heavy atom. The Morgan fingerprint density at radius 3 is 2.53 bits per heavy atom. The monoisotopic (exact) mass is 482 g/mol. The van der Waals surface area contributed by atoms with Crippen molar-refractivity contribution in [2.75, 3.05) is 24.9 Å². The van der Waals surface area contributed by atoms with Crippen LogP contribution in [0.3, 0.4) is 0 Å². The van der Waals surface area contributed by atoms with Crippen LogP contribution in [-0.4, -0.2) is 35.8 Å². The van der Waals surface area contributed by atoms with Gasteiger partial charge in [-0.1, -0.05) is 12.8 Å². The van der Waals surface area contributed by atoms with Crippen LogP contribution in [0.4, 0.5) is 10.7 Å². The molecule has 34 heavy (non-hydrogen) atoms. The van der Waals surface area contributed by atoms with Gasteiger partial charge in [0.05, 0.1) is 25.5 Å². The highest BCUT2D eigenvalue weighted by Gasteiger charge is 2.27. The number of hydrogen-bond acceptors (Lipinski definition) is 6. The van der Waals surface area contributed by atoms with Crippen molar-refractivity contribution in [3.8, 4) is 11.5 Å². The molecule has 0 bridgehead atoms. The lowest BCUT2D eigenvalue weighted by Crippen LogP contribution is -2.19. The van der Waals surface area contributed by atoms with Crippen molar-refractivity contribution in [1.82, 2.24) is 9.78 Å². The third-order valence-electron chi connectivity index (χ3n) is 5.98. The fourth-order valence-electron chi connectivity index (χ4n) is 4.17. The Labute approximate surface area is 203 Å². The van der Waals surface area contributed by atoms with Gasteiger partial charge < -0.3 is 20.1 Å². The van der Waals surface area contributed by atoms with Gasteiger partial charge in [-0.15, -0.1) is 11.3 Å². The molecule has 180 valence electrons. The summed E-state index contributed by atoms with van der Waals surface area (Å²) in [6.45, 7) is 2.64. The van der Waals surface area contributed by atoms with Crippen LogP contribution in [0.2, 0.25) is 0 Å². The lowest BCUT2D eigenvalue weighted by Gasteiger charge is -2.14. The number of amides is 2. The highest BCUT2D eigenvalue weighted by molar-refractivity contribution is 7.17. The number of rotatable bonds is 7. The van der Waals surface area contributed by atoms with Crippen molar-refractivity contribution in [2.24, 2.45) is 0 Å². The number of ether oxygens (including phenoxy) is 2. The van der Waals surface area contributed by atoms with Gasteiger partial charge in [-0.3, -0.25) is 14.3 Å². The summed E-state index contributed by atoms with van der Waals surface area (Å²) in [6.07, 6.45) is 7.89. The van der Waals surface area contributed by atoms with E-state index in [1.165, 1.54) is 17.8 Å². The number of hydrogen-bond donors (Lipinski definition) is 2. The molecule has 2 heterocycles. The molecule has 9 heteroatoms. The number of nitrogens with one attached hydrogen (secondary N) is 2. The first-order valence-corrected chi connectivity index (χ1v) is 12.4. The summed E-state index contributed by atoms with van der Waals surface area (Å²) in [6, 6.07) is 6.93. The summed E-state index contributed by atoms with van der Waals surface area (Å²) < 4.78 is 12.4. The Bertz CT molecular complexity index is 1180. The smallest absolute Gasteiger partial charge is 0.276 e. The summed E-state index contributed by atoms with van der Waals surface area (Å²) in [5.74, 6) is 0.535. The molecule has 2 amide bonds. The van der Waals surface area contributed by atoms with Crippen LogP contribution in [0, 0.1) is 0 Å². The minimum atomic E-state index is -0.325. The van der Waals surface area contributed by atoms with Crippen molar-refractivity contribution < 1.29 is 19.1 Å². The number of thiophene rings is 1. The summed E-state index contributed by atoms with van der Waals surface area (Å²) in [5.41, 5.74) is 2.38. The van der Waals surface area contributed by atoms with Crippen LogP contribution in [0.1, 0.15) is 63.9 Å². The molecule has 4 rings (SSSR count). The zero-order valence-corrected chi connectivity index (χ0v) is 20.6. The van der Waals surface area contributed by atoms with Crippen LogP contribution in [0.25, 0.3) is 0 Å². The number of carbonyl (C=O) groups excluding carboxylic acids is 2. The molecule has 2 aromatic heterocycles. The first kappa shape index (κ1) is 23.8.